The Balaban J connectivity index is 2.36. The van der Waals surface area contributed by atoms with Crippen LogP contribution in [0.4, 0.5) is 23.2 Å². The van der Waals surface area contributed by atoms with Crippen LogP contribution in [0.5, 0.6) is 0 Å². The molecule has 1 amide bonds. The number of aryl methyl sites for hydroxylation is 1. The first kappa shape index (κ1) is 15.0. The maximum Gasteiger partial charge on any atom is 0.417 e. The van der Waals surface area contributed by atoms with Gasteiger partial charge in [0.2, 0.25) is 0 Å². The SMILES string of the molecule is Cc1ccc(F)cc1NC(=O)c1ccccc1C(F)(F)F. The summed E-state index contributed by atoms with van der Waals surface area (Å²) in [5, 5.41) is 2.30. The average Bonchev–Trinajstić information content (AvgIpc) is 2.42. The lowest BCUT2D eigenvalue weighted by Crippen LogP contribution is -2.19. The summed E-state index contributed by atoms with van der Waals surface area (Å²) in [6.45, 7) is 1.62. The normalized spacial score (nSPS) is 11.3. The van der Waals surface area contributed by atoms with E-state index in [9.17, 15) is 22.4 Å². The fourth-order valence-corrected chi connectivity index (χ4v) is 1.85. The Labute approximate surface area is 118 Å². The average molecular weight is 297 g/mol. The fourth-order valence-electron chi connectivity index (χ4n) is 1.85. The van der Waals surface area contributed by atoms with Gasteiger partial charge in [-0.2, -0.15) is 13.2 Å². The summed E-state index contributed by atoms with van der Waals surface area (Å²) in [6, 6.07) is 8.13. The fraction of sp³-hybridized carbons (Fsp3) is 0.133. The molecule has 0 aliphatic heterocycles. The molecule has 0 saturated carbocycles. The van der Waals surface area contributed by atoms with Crippen molar-refractivity contribution >= 4 is 11.6 Å². The third kappa shape index (κ3) is 3.39. The molecule has 0 bridgehead atoms. The van der Waals surface area contributed by atoms with E-state index in [0.717, 1.165) is 18.2 Å². The van der Waals surface area contributed by atoms with Crippen molar-refractivity contribution < 1.29 is 22.4 Å². The molecule has 0 spiro atoms. The zero-order valence-electron chi connectivity index (χ0n) is 11.0. The van der Waals surface area contributed by atoms with Gasteiger partial charge in [0.1, 0.15) is 5.82 Å². The number of carbonyl (C=O) groups is 1. The minimum absolute atomic E-state index is 0.136. The summed E-state index contributed by atoms with van der Waals surface area (Å²) in [5.74, 6) is -1.52. The van der Waals surface area contributed by atoms with Crippen molar-refractivity contribution in [3.05, 3.63) is 65.0 Å². The van der Waals surface area contributed by atoms with Crippen LogP contribution >= 0.6 is 0 Å². The Morgan fingerprint density at radius 2 is 1.76 bits per heavy atom. The van der Waals surface area contributed by atoms with Crippen molar-refractivity contribution in [1.29, 1.82) is 0 Å². The van der Waals surface area contributed by atoms with Crippen molar-refractivity contribution in [2.45, 2.75) is 13.1 Å². The molecule has 1 N–H and O–H groups in total. The van der Waals surface area contributed by atoms with Crippen molar-refractivity contribution in [1.82, 2.24) is 0 Å². The second kappa shape index (κ2) is 5.55. The highest BCUT2D eigenvalue weighted by Crippen LogP contribution is 2.32. The van der Waals surface area contributed by atoms with E-state index in [1.165, 1.54) is 24.3 Å². The lowest BCUT2D eigenvalue weighted by Gasteiger charge is -2.13. The lowest BCUT2D eigenvalue weighted by atomic mass is 10.1. The Bertz CT molecular complexity index is 680. The zero-order chi connectivity index (χ0) is 15.6. The van der Waals surface area contributed by atoms with Gasteiger partial charge in [-0.05, 0) is 36.8 Å². The van der Waals surface area contributed by atoms with E-state index >= 15 is 0 Å². The van der Waals surface area contributed by atoms with Gasteiger partial charge in [0.15, 0.2) is 0 Å². The van der Waals surface area contributed by atoms with E-state index in [1.54, 1.807) is 6.92 Å². The van der Waals surface area contributed by atoms with Gasteiger partial charge in [0.05, 0.1) is 11.1 Å². The minimum atomic E-state index is -4.63. The Hall–Kier alpha value is -2.37. The highest BCUT2D eigenvalue weighted by molar-refractivity contribution is 6.05. The first-order chi connectivity index (χ1) is 9.79. The standard InChI is InChI=1S/C15H11F4NO/c1-9-6-7-10(16)8-13(9)20-14(21)11-4-2-3-5-12(11)15(17,18)19/h2-8H,1H3,(H,20,21). The predicted molar refractivity (Wildman–Crippen MR) is 70.5 cm³/mol. The van der Waals surface area contributed by atoms with Crippen molar-refractivity contribution in [3.8, 4) is 0 Å². The molecule has 2 rings (SSSR count). The number of benzene rings is 2. The van der Waals surface area contributed by atoms with E-state index in [-0.39, 0.29) is 5.69 Å². The van der Waals surface area contributed by atoms with Crippen molar-refractivity contribution in [2.24, 2.45) is 0 Å². The Morgan fingerprint density at radius 1 is 1.10 bits per heavy atom. The first-order valence-corrected chi connectivity index (χ1v) is 6.03. The smallest absolute Gasteiger partial charge is 0.322 e. The second-order valence-electron chi connectivity index (χ2n) is 4.46. The summed E-state index contributed by atoms with van der Waals surface area (Å²) >= 11 is 0. The van der Waals surface area contributed by atoms with E-state index in [4.69, 9.17) is 0 Å². The van der Waals surface area contributed by atoms with Gasteiger partial charge in [0, 0.05) is 5.69 Å². The van der Waals surface area contributed by atoms with Crippen LogP contribution in [0.1, 0.15) is 21.5 Å². The molecule has 110 valence electrons. The number of alkyl halides is 3. The van der Waals surface area contributed by atoms with Crippen LogP contribution in [0.2, 0.25) is 0 Å². The number of rotatable bonds is 2. The van der Waals surface area contributed by atoms with Crippen LogP contribution in [0, 0.1) is 12.7 Å². The largest absolute Gasteiger partial charge is 0.417 e. The number of anilines is 1. The zero-order valence-corrected chi connectivity index (χ0v) is 11.0. The maximum atomic E-state index is 13.1. The Kier molecular flexibility index (Phi) is 3.97. The van der Waals surface area contributed by atoms with Crippen LogP contribution < -0.4 is 5.32 Å². The third-order valence-corrected chi connectivity index (χ3v) is 2.92. The third-order valence-electron chi connectivity index (χ3n) is 2.92. The molecule has 0 radical (unpaired) electrons. The van der Waals surface area contributed by atoms with Crippen LogP contribution in [0.25, 0.3) is 0 Å². The molecule has 0 aromatic heterocycles. The molecule has 0 saturated heterocycles. The lowest BCUT2D eigenvalue weighted by molar-refractivity contribution is -0.137. The molecule has 0 unspecified atom stereocenters. The summed E-state index contributed by atoms with van der Waals surface area (Å²) in [6.07, 6.45) is -4.63. The minimum Gasteiger partial charge on any atom is -0.322 e. The van der Waals surface area contributed by atoms with Gasteiger partial charge in [-0.15, -0.1) is 0 Å². The summed E-state index contributed by atoms with van der Waals surface area (Å²) in [5.41, 5.74) is -0.851. The maximum absolute atomic E-state index is 13.1. The predicted octanol–water partition coefficient (Wildman–Crippen LogP) is 4.41. The quantitative estimate of drug-likeness (QED) is 0.818. The molecular weight excluding hydrogens is 286 g/mol. The molecule has 2 aromatic rings. The van der Waals surface area contributed by atoms with E-state index < -0.39 is 29.0 Å². The molecule has 0 aliphatic rings. The van der Waals surface area contributed by atoms with Crippen molar-refractivity contribution in [2.75, 3.05) is 5.32 Å². The van der Waals surface area contributed by atoms with E-state index in [2.05, 4.69) is 5.32 Å². The van der Waals surface area contributed by atoms with E-state index in [0.29, 0.717) is 5.56 Å². The number of hydrogen-bond acceptors (Lipinski definition) is 1. The molecule has 6 heteroatoms. The number of hydrogen-bond donors (Lipinski definition) is 1. The molecule has 0 heterocycles. The Morgan fingerprint density at radius 3 is 2.43 bits per heavy atom. The van der Waals surface area contributed by atoms with Crippen LogP contribution in [0.3, 0.4) is 0 Å². The second-order valence-corrected chi connectivity index (χ2v) is 4.46. The highest BCUT2D eigenvalue weighted by Gasteiger charge is 2.34. The van der Waals surface area contributed by atoms with Gasteiger partial charge in [-0.3, -0.25) is 4.79 Å². The molecule has 0 atom stereocenters. The molecule has 0 fully saturated rings. The molecule has 21 heavy (non-hydrogen) atoms. The number of halogens is 4. The van der Waals surface area contributed by atoms with Gasteiger partial charge in [-0.25, -0.2) is 4.39 Å². The van der Waals surface area contributed by atoms with Gasteiger partial charge in [0.25, 0.3) is 5.91 Å². The van der Waals surface area contributed by atoms with E-state index in [1.807, 2.05) is 0 Å². The first-order valence-electron chi connectivity index (χ1n) is 6.03. The molecule has 2 nitrogen and oxygen atoms in total. The summed E-state index contributed by atoms with van der Waals surface area (Å²) < 4.78 is 51.7. The summed E-state index contributed by atoms with van der Waals surface area (Å²) in [4.78, 5) is 12.0. The number of amides is 1. The number of nitrogens with one attached hydrogen (secondary N) is 1. The molecule has 2 aromatic carbocycles. The molecular formula is C15H11F4NO. The highest BCUT2D eigenvalue weighted by atomic mass is 19.4. The monoisotopic (exact) mass is 297 g/mol. The topological polar surface area (TPSA) is 29.1 Å². The van der Waals surface area contributed by atoms with Gasteiger partial charge < -0.3 is 5.32 Å². The number of carbonyl (C=O) groups excluding carboxylic acids is 1. The van der Waals surface area contributed by atoms with Crippen molar-refractivity contribution in [3.63, 3.8) is 0 Å². The molecule has 0 aliphatic carbocycles. The summed E-state index contributed by atoms with van der Waals surface area (Å²) in [7, 11) is 0. The van der Waals surface area contributed by atoms with Gasteiger partial charge >= 0.3 is 6.18 Å². The van der Waals surface area contributed by atoms with Crippen LogP contribution in [-0.2, 0) is 6.18 Å². The van der Waals surface area contributed by atoms with Crippen LogP contribution in [-0.4, -0.2) is 5.91 Å². The van der Waals surface area contributed by atoms with Gasteiger partial charge in [-0.1, -0.05) is 18.2 Å². The van der Waals surface area contributed by atoms with Crippen LogP contribution in [0.15, 0.2) is 42.5 Å².